The molecule has 4 atom stereocenters. The number of aromatic nitrogens is 3. The fraction of sp³-hybridized carbons (Fsp3) is 0.476. The molecule has 1 aliphatic heterocycles. The second-order valence-electron chi connectivity index (χ2n) is 16.9. The molecule has 0 aliphatic carbocycles. The van der Waals surface area contributed by atoms with E-state index in [-0.39, 0.29) is 35.2 Å². The fourth-order valence-corrected chi connectivity index (χ4v) is 8.13. The Morgan fingerprint density at radius 2 is 1.66 bits per heavy atom. The second-order valence-corrected chi connectivity index (χ2v) is 22.0. The lowest BCUT2D eigenvalue weighted by Gasteiger charge is -2.43. The largest absolute Gasteiger partial charge is 0.444 e. The number of halogens is 1. The number of benzene rings is 2. The third kappa shape index (κ3) is 9.96. The zero-order valence-corrected chi connectivity index (χ0v) is 34.7. The minimum atomic E-state index is -2.30. The highest BCUT2D eigenvalue weighted by Crippen LogP contribution is 2.44. The van der Waals surface area contributed by atoms with Gasteiger partial charge in [-0.3, -0.25) is 14.8 Å². The van der Waals surface area contributed by atoms with Crippen LogP contribution in [-0.4, -0.2) is 70.0 Å². The van der Waals surface area contributed by atoms with Crippen LogP contribution in [-0.2, 0) is 22.0 Å². The van der Waals surface area contributed by atoms with E-state index in [9.17, 15) is 9.59 Å². The van der Waals surface area contributed by atoms with Gasteiger partial charge < -0.3 is 14.1 Å². The van der Waals surface area contributed by atoms with Crippen LogP contribution < -0.4 is 0 Å². The molecule has 1 aliphatic rings. The highest BCUT2D eigenvalue weighted by Gasteiger charge is 2.48. The van der Waals surface area contributed by atoms with Crippen LogP contribution in [0.25, 0.3) is 0 Å². The average molecular weight is 758 g/mol. The fourth-order valence-electron chi connectivity index (χ4n) is 6.73. The van der Waals surface area contributed by atoms with E-state index in [1.807, 2.05) is 94.2 Å². The van der Waals surface area contributed by atoms with Gasteiger partial charge in [-0.05, 0) is 107 Å². The van der Waals surface area contributed by atoms with Gasteiger partial charge >= 0.3 is 6.09 Å². The lowest BCUT2D eigenvalue weighted by atomic mass is 9.99. The number of nitrogens with one attached hydrogen (secondary N) is 1. The molecule has 1 saturated heterocycles. The number of aromatic amines is 1. The Labute approximate surface area is 321 Å². The summed E-state index contributed by atoms with van der Waals surface area (Å²) in [6.45, 7) is 18.7. The number of amides is 2. The molecule has 5 rings (SSSR count). The van der Waals surface area contributed by atoms with Gasteiger partial charge in [0, 0.05) is 30.4 Å². The summed E-state index contributed by atoms with van der Waals surface area (Å²) in [5.74, 6) is -0.0803. The maximum absolute atomic E-state index is 14.1. The van der Waals surface area contributed by atoms with E-state index in [1.54, 1.807) is 17.2 Å². The summed E-state index contributed by atoms with van der Waals surface area (Å²) in [7, 11) is -0.455. The van der Waals surface area contributed by atoms with Crippen molar-refractivity contribution in [1.82, 2.24) is 25.0 Å². The molecular formula is C42H56ClN5O4Si. The predicted molar refractivity (Wildman–Crippen MR) is 214 cm³/mol. The number of carbonyl (C=O) groups excluding carboxylic acids is 2. The average Bonchev–Trinajstić information content (AvgIpc) is 3.71. The normalized spacial score (nSPS) is 17.8. The molecule has 1 N–H and O–H groups in total. The number of nitrogens with zero attached hydrogens (tertiary/aromatic N) is 4. The Bertz CT molecular complexity index is 1830. The van der Waals surface area contributed by atoms with Crippen molar-refractivity contribution < 1.29 is 18.8 Å². The number of aryl methyl sites for hydroxylation is 1. The highest BCUT2D eigenvalue weighted by atomic mass is 35.5. The van der Waals surface area contributed by atoms with Crippen molar-refractivity contribution >= 4 is 31.9 Å². The minimum absolute atomic E-state index is 0.0497. The number of rotatable bonds is 11. The third-order valence-corrected chi connectivity index (χ3v) is 15.3. The summed E-state index contributed by atoms with van der Waals surface area (Å²) in [6, 6.07) is 23.1. The van der Waals surface area contributed by atoms with E-state index in [0.29, 0.717) is 23.6 Å². The monoisotopic (exact) mass is 757 g/mol. The lowest BCUT2D eigenvalue weighted by Crippen LogP contribution is -2.50. The first kappa shape index (κ1) is 40.2. The van der Waals surface area contributed by atoms with Gasteiger partial charge in [-0.25, -0.2) is 9.78 Å². The summed E-state index contributed by atoms with van der Waals surface area (Å²) >= 11 is 6.22. The highest BCUT2D eigenvalue weighted by molar-refractivity contribution is 6.74. The van der Waals surface area contributed by atoms with Gasteiger partial charge in [0.25, 0.3) is 5.91 Å². The van der Waals surface area contributed by atoms with Crippen molar-refractivity contribution in [3.63, 3.8) is 0 Å². The molecule has 2 aromatic carbocycles. The van der Waals surface area contributed by atoms with Crippen LogP contribution in [0.5, 0.6) is 0 Å². The number of likely N-dealkylation sites (tertiary alicyclic amines) is 1. The summed E-state index contributed by atoms with van der Waals surface area (Å²) in [5.41, 5.74) is 4.74. The number of likely N-dealkylation sites (N-methyl/N-ethyl adjacent to an activating group) is 1. The standard InChI is InChI=1S/C42H56ClN5O4Si/c1-28-24-34(46-45-28)36(26-29-14-12-11-13-15-29)47(8)39(49)31-18-16-30(17-19-31)25-33-21-22-35(48(33)40(50)51-41(2,3)4)38(32-20-23-37(43)44-27-32)52-53(9,10)42(5,6)7/h11-20,23-24,27,33,35-36,38H,21-22,25-26H2,1-10H3,(H,45,46)/t33?,35-,36?,38-/m1/s1. The van der Waals surface area contributed by atoms with Gasteiger partial charge in [0.1, 0.15) is 10.8 Å². The second kappa shape index (κ2) is 16.2. The predicted octanol–water partition coefficient (Wildman–Crippen LogP) is 9.90. The Hall–Kier alpha value is -3.99. The smallest absolute Gasteiger partial charge is 0.410 e. The van der Waals surface area contributed by atoms with Crippen LogP contribution in [0.4, 0.5) is 4.79 Å². The number of pyridine rings is 1. The van der Waals surface area contributed by atoms with Gasteiger partial charge in [-0.15, -0.1) is 0 Å². The zero-order chi connectivity index (χ0) is 38.7. The van der Waals surface area contributed by atoms with Crippen molar-refractivity contribution in [3.8, 4) is 0 Å². The third-order valence-electron chi connectivity index (χ3n) is 10.6. The van der Waals surface area contributed by atoms with E-state index in [4.69, 9.17) is 20.8 Å². The van der Waals surface area contributed by atoms with Gasteiger partial charge in [-0.2, -0.15) is 5.10 Å². The molecule has 4 aromatic rings. The molecule has 11 heteroatoms. The van der Waals surface area contributed by atoms with Crippen LogP contribution in [0.15, 0.2) is 79.0 Å². The molecule has 284 valence electrons. The van der Waals surface area contributed by atoms with Gasteiger partial charge in [-0.1, -0.05) is 80.9 Å². The van der Waals surface area contributed by atoms with Crippen molar-refractivity contribution in [2.75, 3.05) is 7.05 Å². The molecule has 0 spiro atoms. The van der Waals surface area contributed by atoms with Crippen molar-refractivity contribution in [2.24, 2.45) is 0 Å². The number of H-pyrrole nitrogens is 1. The summed E-state index contributed by atoms with van der Waals surface area (Å²) in [6.07, 6.45) is 3.78. The van der Waals surface area contributed by atoms with Gasteiger partial charge in [0.2, 0.25) is 0 Å². The van der Waals surface area contributed by atoms with Crippen LogP contribution in [0, 0.1) is 6.92 Å². The van der Waals surface area contributed by atoms with Crippen molar-refractivity contribution in [2.45, 2.75) is 122 Å². The molecule has 0 radical (unpaired) electrons. The minimum Gasteiger partial charge on any atom is -0.444 e. The van der Waals surface area contributed by atoms with E-state index < -0.39 is 20.0 Å². The first-order chi connectivity index (χ1) is 24.8. The van der Waals surface area contributed by atoms with E-state index in [1.165, 1.54) is 0 Å². The Kier molecular flexibility index (Phi) is 12.3. The molecular weight excluding hydrogens is 702 g/mol. The van der Waals surface area contributed by atoms with Gasteiger partial charge in [0.15, 0.2) is 8.32 Å². The van der Waals surface area contributed by atoms with Crippen LogP contribution in [0.3, 0.4) is 0 Å². The molecule has 53 heavy (non-hydrogen) atoms. The first-order valence-corrected chi connectivity index (χ1v) is 21.8. The van der Waals surface area contributed by atoms with Crippen molar-refractivity contribution in [1.29, 1.82) is 0 Å². The van der Waals surface area contributed by atoms with Crippen LogP contribution in [0.2, 0.25) is 23.3 Å². The van der Waals surface area contributed by atoms with E-state index in [0.717, 1.165) is 40.9 Å². The zero-order valence-electron chi connectivity index (χ0n) is 32.9. The molecule has 2 aromatic heterocycles. The van der Waals surface area contributed by atoms with Crippen LogP contribution in [0.1, 0.15) is 105 Å². The Balaban J connectivity index is 1.40. The lowest BCUT2D eigenvalue weighted by molar-refractivity contribution is -0.00244. The number of hydrogen-bond donors (Lipinski definition) is 1. The Morgan fingerprint density at radius 1 is 0.981 bits per heavy atom. The number of carbonyl (C=O) groups is 2. The summed E-state index contributed by atoms with van der Waals surface area (Å²) < 4.78 is 13.2. The first-order valence-electron chi connectivity index (χ1n) is 18.6. The quantitative estimate of drug-likeness (QED) is 0.121. The maximum Gasteiger partial charge on any atom is 0.410 e. The molecule has 2 amide bonds. The molecule has 2 unspecified atom stereocenters. The number of ether oxygens (including phenoxy) is 1. The van der Waals surface area contributed by atoms with E-state index >= 15 is 0 Å². The molecule has 0 bridgehead atoms. The summed E-state index contributed by atoms with van der Waals surface area (Å²) in [5, 5.41) is 7.83. The molecule has 0 saturated carbocycles. The molecule has 3 heterocycles. The Morgan fingerprint density at radius 3 is 2.23 bits per heavy atom. The van der Waals surface area contributed by atoms with E-state index in [2.05, 4.69) is 61.2 Å². The van der Waals surface area contributed by atoms with Crippen LogP contribution >= 0.6 is 11.6 Å². The molecule has 1 fully saturated rings. The summed E-state index contributed by atoms with van der Waals surface area (Å²) in [4.78, 5) is 36.2. The SMILES string of the molecule is Cc1cc(C(Cc2ccccc2)N(C)C(=O)c2ccc(CC3CC[C@H]([C@H](O[Si](C)(C)C(C)(C)C)c4ccc(Cl)nc4)N3C(=O)OC(C)(C)C)cc2)[nH]n1. The van der Waals surface area contributed by atoms with Gasteiger partial charge in [0.05, 0.1) is 29.6 Å². The molecule has 9 nitrogen and oxygen atoms in total. The maximum atomic E-state index is 14.1. The topological polar surface area (TPSA) is 101 Å². The van der Waals surface area contributed by atoms with Crippen molar-refractivity contribution in [3.05, 3.63) is 118 Å². The number of hydrogen-bond acceptors (Lipinski definition) is 6.